The number of nitrogens with zero attached hydrogens (tertiary/aromatic N) is 2. The van der Waals surface area contributed by atoms with E-state index in [-0.39, 0.29) is 6.03 Å². The molecule has 2 aliphatic heterocycles. The molecule has 0 bridgehead atoms. The smallest absolute Gasteiger partial charge is 0.318 e. The van der Waals surface area contributed by atoms with Crippen LogP contribution in [0, 0.1) is 0 Å². The van der Waals surface area contributed by atoms with Gasteiger partial charge in [0.05, 0.1) is 6.67 Å². The van der Waals surface area contributed by atoms with Crippen LogP contribution in [-0.2, 0) is 0 Å². The third-order valence-corrected chi connectivity index (χ3v) is 2.99. The van der Waals surface area contributed by atoms with Crippen molar-refractivity contribution < 1.29 is 4.79 Å². The maximum atomic E-state index is 11.5. The van der Waals surface area contributed by atoms with Gasteiger partial charge in [-0.3, -0.25) is 4.90 Å². The third kappa shape index (κ3) is 2.38. The Labute approximate surface area is 85.2 Å². The molecule has 2 rings (SSSR count). The van der Waals surface area contributed by atoms with Gasteiger partial charge < -0.3 is 10.2 Å². The highest BCUT2D eigenvalue weighted by Crippen LogP contribution is 2.10. The summed E-state index contributed by atoms with van der Waals surface area (Å²) >= 11 is 0. The Morgan fingerprint density at radius 2 is 1.86 bits per heavy atom. The van der Waals surface area contributed by atoms with Gasteiger partial charge in [0.1, 0.15) is 0 Å². The fourth-order valence-electron chi connectivity index (χ4n) is 2.16. The topological polar surface area (TPSA) is 35.6 Å². The molecular weight excluding hydrogens is 178 g/mol. The summed E-state index contributed by atoms with van der Waals surface area (Å²) in [6, 6.07) is 0.113. The van der Waals surface area contributed by atoms with E-state index in [9.17, 15) is 4.79 Å². The zero-order valence-electron chi connectivity index (χ0n) is 8.67. The van der Waals surface area contributed by atoms with E-state index in [0.717, 1.165) is 39.3 Å². The molecule has 4 nitrogen and oxygen atoms in total. The summed E-state index contributed by atoms with van der Waals surface area (Å²) in [5.74, 6) is 0. The number of likely N-dealkylation sites (tertiary alicyclic amines) is 1. The predicted molar refractivity (Wildman–Crippen MR) is 55.0 cm³/mol. The average Bonchev–Trinajstić information content (AvgIpc) is 2.23. The SMILES string of the molecule is O=C1NCCCN1CN1CCCCC1. The molecule has 2 saturated heterocycles. The van der Waals surface area contributed by atoms with Gasteiger partial charge in [-0.1, -0.05) is 6.42 Å². The lowest BCUT2D eigenvalue weighted by Gasteiger charge is -2.34. The number of urea groups is 1. The van der Waals surface area contributed by atoms with Crippen molar-refractivity contribution in [3.63, 3.8) is 0 Å². The van der Waals surface area contributed by atoms with Gasteiger partial charge in [-0.05, 0) is 32.4 Å². The number of nitrogens with one attached hydrogen (secondary N) is 1. The average molecular weight is 197 g/mol. The lowest BCUT2D eigenvalue weighted by molar-refractivity contribution is 0.115. The van der Waals surface area contributed by atoms with Crippen LogP contribution in [0.4, 0.5) is 4.79 Å². The first-order valence-corrected chi connectivity index (χ1v) is 5.61. The standard InChI is InChI=1S/C10H19N3O/c14-10-11-5-4-8-13(10)9-12-6-2-1-3-7-12/h1-9H2,(H,11,14). The van der Waals surface area contributed by atoms with Crippen molar-refractivity contribution >= 4 is 6.03 Å². The molecule has 80 valence electrons. The summed E-state index contributed by atoms with van der Waals surface area (Å²) in [4.78, 5) is 15.8. The second-order valence-corrected chi connectivity index (χ2v) is 4.17. The molecule has 0 aromatic heterocycles. The molecule has 0 aromatic rings. The lowest BCUT2D eigenvalue weighted by Crippen LogP contribution is -2.51. The molecule has 0 spiro atoms. The zero-order chi connectivity index (χ0) is 9.80. The van der Waals surface area contributed by atoms with E-state index in [1.165, 1.54) is 19.3 Å². The quantitative estimate of drug-likeness (QED) is 0.712. The molecule has 2 fully saturated rings. The fraction of sp³-hybridized carbons (Fsp3) is 0.900. The van der Waals surface area contributed by atoms with Gasteiger partial charge in [-0.2, -0.15) is 0 Å². The maximum absolute atomic E-state index is 11.5. The van der Waals surface area contributed by atoms with Gasteiger partial charge in [0.25, 0.3) is 0 Å². The maximum Gasteiger partial charge on any atom is 0.318 e. The summed E-state index contributed by atoms with van der Waals surface area (Å²) in [6.07, 6.45) is 5.01. The van der Waals surface area contributed by atoms with Crippen molar-refractivity contribution in [2.75, 3.05) is 32.8 Å². The Bertz CT molecular complexity index is 202. The van der Waals surface area contributed by atoms with E-state index < -0.39 is 0 Å². The molecule has 1 N–H and O–H groups in total. The Kier molecular flexibility index (Phi) is 3.24. The van der Waals surface area contributed by atoms with Crippen molar-refractivity contribution in [2.24, 2.45) is 0 Å². The Morgan fingerprint density at radius 3 is 2.57 bits per heavy atom. The van der Waals surface area contributed by atoms with Crippen LogP contribution in [0.3, 0.4) is 0 Å². The molecular formula is C10H19N3O. The van der Waals surface area contributed by atoms with Gasteiger partial charge >= 0.3 is 6.03 Å². The molecule has 4 heteroatoms. The number of hydrogen-bond acceptors (Lipinski definition) is 2. The van der Waals surface area contributed by atoms with Crippen LogP contribution >= 0.6 is 0 Å². The minimum Gasteiger partial charge on any atom is -0.338 e. The minimum atomic E-state index is 0.113. The highest BCUT2D eigenvalue weighted by molar-refractivity contribution is 5.74. The third-order valence-electron chi connectivity index (χ3n) is 2.99. The summed E-state index contributed by atoms with van der Waals surface area (Å²) in [5.41, 5.74) is 0. The van der Waals surface area contributed by atoms with Gasteiger partial charge in [0.2, 0.25) is 0 Å². The summed E-state index contributed by atoms with van der Waals surface area (Å²) in [6.45, 7) is 4.90. The minimum absolute atomic E-state index is 0.113. The molecule has 0 saturated carbocycles. The van der Waals surface area contributed by atoms with E-state index in [0.29, 0.717) is 0 Å². The number of rotatable bonds is 2. The van der Waals surface area contributed by atoms with E-state index >= 15 is 0 Å². The number of carbonyl (C=O) groups is 1. The number of amides is 2. The van der Waals surface area contributed by atoms with Gasteiger partial charge in [0, 0.05) is 13.1 Å². The molecule has 0 aromatic carbocycles. The Hall–Kier alpha value is -0.770. The summed E-state index contributed by atoms with van der Waals surface area (Å²) in [5, 5.41) is 2.88. The van der Waals surface area contributed by atoms with E-state index in [1.807, 2.05) is 4.90 Å². The predicted octanol–water partition coefficient (Wildman–Crippen LogP) is 0.845. The second kappa shape index (κ2) is 4.64. The van der Waals surface area contributed by atoms with Crippen LogP contribution in [0.5, 0.6) is 0 Å². The van der Waals surface area contributed by atoms with Crippen LogP contribution < -0.4 is 5.32 Å². The van der Waals surface area contributed by atoms with E-state index in [2.05, 4.69) is 10.2 Å². The van der Waals surface area contributed by atoms with Gasteiger partial charge in [0.15, 0.2) is 0 Å². The first-order valence-electron chi connectivity index (χ1n) is 5.61. The van der Waals surface area contributed by atoms with Crippen LogP contribution in [0.25, 0.3) is 0 Å². The van der Waals surface area contributed by atoms with Crippen molar-refractivity contribution in [1.82, 2.24) is 15.1 Å². The highest BCUT2D eigenvalue weighted by Gasteiger charge is 2.20. The molecule has 14 heavy (non-hydrogen) atoms. The van der Waals surface area contributed by atoms with Crippen LogP contribution in [0.15, 0.2) is 0 Å². The van der Waals surface area contributed by atoms with Crippen molar-refractivity contribution in [1.29, 1.82) is 0 Å². The molecule has 0 unspecified atom stereocenters. The molecule has 2 aliphatic rings. The normalized spacial score (nSPS) is 24.9. The highest BCUT2D eigenvalue weighted by atomic mass is 16.2. The van der Waals surface area contributed by atoms with Crippen molar-refractivity contribution in [2.45, 2.75) is 25.7 Å². The number of hydrogen-bond donors (Lipinski definition) is 1. The first-order chi connectivity index (χ1) is 6.86. The summed E-state index contributed by atoms with van der Waals surface area (Å²) < 4.78 is 0. The van der Waals surface area contributed by atoms with E-state index in [4.69, 9.17) is 0 Å². The molecule has 0 atom stereocenters. The molecule has 0 radical (unpaired) electrons. The fourth-order valence-corrected chi connectivity index (χ4v) is 2.16. The van der Waals surface area contributed by atoms with Gasteiger partial charge in [-0.25, -0.2) is 4.79 Å². The molecule has 0 aliphatic carbocycles. The Morgan fingerprint density at radius 1 is 1.07 bits per heavy atom. The second-order valence-electron chi connectivity index (χ2n) is 4.17. The van der Waals surface area contributed by atoms with Crippen molar-refractivity contribution in [3.8, 4) is 0 Å². The summed E-state index contributed by atoms with van der Waals surface area (Å²) in [7, 11) is 0. The molecule has 2 heterocycles. The zero-order valence-corrected chi connectivity index (χ0v) is 8.67. The van der Waals surface area contributed by atoms with E-state index in [1.54, 1.807) is 0 Å². The number of piperidine rings is 1. The van der Waals surface area contributed by atoms with Crippen LogP contribution in [0.1, 0.15) is 25.7 Å². The lowest BCUT2D eigenvalue weighted by atomic mass is 10.1. The van der Waals surface area contributed by atoms with Crippen LogP contribution in [0.2, 0.25) is 0 Å². The van der Waals surface area contributed by atoms with Crippen LogP contribution in [-0.4, -0.2) is 48.7 Å². The van der Waals surface area contributed by atoms with Crippen molar-refractivity contribution in [3.05, 3.63) is 0 Å². The Balaban J connectivity index is 1.79. The van der Waals surface area contributed by atoms with Gasteiger partial charge in [-0.15, -0.1) is 0 Å². The largest absolute Gasteiger partial charge is 0.338 e. The number of carbonyl (C=O) groups excluding carboxylic acids is 1. The monoisotopic (exact) mass is 197 g/mol. The molecule has 2 amide bonds. The first kappa shape index (κ1) is 9.77.